The van der Waals surface area contributed by atoms with E-state index in [1.165, 1.54) is 11.3 Å². The fourth-order valence-corrected chi connectivity index (χ4v) is 4.24. The molecule has 0 aliphatic carbocycles. The number of thioether (sulfide) groups is 1. The number of hydrogen-bond donors (Lipinski definition) is 0. The summed E-state index contributed by atoms with van der Waals surface area (Å²) in [4.78, 5) is 23.9. The highest BCUT2D eigenvalue weighted by atomic mass is 35.5. The Bertz CT molecular complexity index is 664. The highest BCUT2D eigenvalue weighted by Crippen LogP contribution is 2.38. The SMILES string of the molecule is CCOC(=O)CSC(=O)c1sc2cccc(C)c2c1Cl. The van der Waals surface area contributed by atoms with E-state index in [1.54, 1.807) is 6.92 Å². The van der Waals surface area contributed by atoms with Gasteiger partial charge in [-0.2, -0.15) is 0 Å². The van der Waals surface area contributed by atoms with Crippen molar-refractivity contribution in [3.8, 4) is 0 Å². The maximum absolute atomic E-state index is 12.1. The number of halogens is 1. The average Bonchev–Trinajstić information content (AvgIpc) is 2.75. The van der Waals surface area contributed by atoms with E-state index in [2.05, 4.69) is 0 Å². The molecular weight excluding hydrogens is 316 g/mol. The Balaban J connectivity index is 2.21. The molecule has 0 aliphatic heterocycles. The largest absolute Gasteiger partial charge is 0.465 e. The molecule has 0 radical (unpaired) electrons. The molecule has 0 unspecified atom stereocenters. The van der Waals surface area contributed by atoms with Crippen LogP contribution in [0.25, 0.3) is 10.1 Å². The number of aryl methyl sites for hydroxylation is 1. The van der Waals surface area contributed by atoms with Crippen molar-refractivity contribution >= 4 is 55.9 Å². The maximum atomic E-state index is 12.1. The molecule has 2 aromatic rings. The smallest absolute Gasteiger partial charge is 0.316 e. The third-order valence-electron chi connectivity index (χ3n) is 2.68. The highest BCUT2D eigenvalue weighted by molar-refractivity contribution is 8.14. The second kappa shape index (κ2) is 6.61. The van der Waals surface area contributed by atoms with Gasteiger partial charge in [0.1, 0.15) is 4.88 Å². The highest BCUT2D eigenvalue weighted by Gasteiger charge is 2.19. The van der Waals surface area contributed by atoms with Crippen LogP contribution in [0.3, 0.4) is 0 Å². The van der Waals surface area contributed by atoms with Crippen LogP contribution < -0.4 is 0 Å². The van der Waals surface area contributed by atoms with Gasteiger partial charge in [0.15, 0.2) is 0 Å². The van der Waals surface area contributed by atoms with Crippen molar-refractivity contribution in [1.82, 2.24) is 0 Å². The molecule has 1 heterocycles. The third kappa shape index (κ3) is 3.16. The Hall–Kier alpha value is -1.04. The fourth-order valence-electron chi connectivity index (χ4n) is 1.80. The van der Waals surface area contributed by atoms with Gasteiger partial charge in [0.05, 0.1) is 17.4 Å². The first-order chi connectivity index (χ1) is 9.54. The minimum Gasteiger partial charge on any atom is -0.465 e. The van der Waals surface area contributed by atoms with Crippen molar-refractivity contribution in [3.05, 3.63) is 33.7 Å². The van der Waals surface area contributed by atoms with Gasteiger partial charge in [-0.25, -0.2) is 0 Å². The first-order valence-corrected chi connectivity index (χ1v) is 8.23. The van der Waals surface area contributed by atoms with Gasteiger partial charge in [-0.1, -0.05) is 35.5 Å². The van der Waals surface area contributed by atoms with E-state index in [4.69, 9.17) is 16.3 Å². The van der Waals surface area contributed by atoms with Gasteiger partial charge in [0, 0.05) is 10.1 Å². The quantitative estimate of drug-likeness (QED) is 0.785. The summed E-state index contributed by atoms with van der Waals surface area (Å²) in [5.74, 6) is -0.379. The fraction of sp³-hybridized carbons (Fsp3) is 0.286. The van der Waals surface area contributed by atoms with E-state index in [1.807, 2.05) is 25.1 Å². The molecule has 106 valence electrons. The third-order valence-corrected chi connectivity index (χ3v) is 5.30. The number of benzene rings is 1. The minimum absolute atomic E-state index is 0.0101. The summed E-state index contributed by atoms with van der Waals surface area (Å²) >= 11 is 8.58. The van der Waals surface area contributed by atoms with Crippen molar-refractivity contribution < 1.29 is 14.3 Å². The molecule has 3 nitrogen and oxygen atoms in total. The van der Waals surface area contributed by atoms with Crippen LogP contribution in [-0.2, 0) is 9.53 Å². The zero-order valence-corrected chi connectivity index (χ0v) is 13.5. The van der Waals surface area contributed by atoms with Crippen LogP contribution in [0.1, 0.15) is 22.2 Å². The molecule has 0 amide bonds. The zero-order valence-electron chi connectivity index (χ0n) is 11.1. The number of ether oxygens (including phenoxy) is 1. The molecule has 0 atom stereocenters. The van der Waals surface area contributed by atoms with Crippen molar-refractivity contribution in [3.63, 3.8) is 0 Å². The lowest BCUT2D eigenvalue weighted by atomic mass is 10.1. The Labute approximate surface area is 130 Å². The molecule has 2 rings (SSSR count). The van der Waals surface area contributed by atoms with Gasteiger partial charge < -0.3 is 4.74 Å². The summed E-state index contributed by atoms with van der Waals surface area (Å²) in [7, 11) is 0. The second-order valence-corrected chi connectivity index (χ2v) is 6.45. The summed E-state index contributed by atoms with van der Waals surface area (Å²) in [6.07, 6.45) is 0. The van der Waals surface area contributed by atoms with Gasteiger partial charge in [0.25, 0.3) is 0 Å². The molecule has 0 spiro atoms. The first-order valence-electron chi connectivity index (χ1n) is 6.05. The van der Waals surface area contributed by atoms with Crippen molar-refractivity contribution in [2.45, 2.75) is 13.8 Å². The van der Waals surface area contributed by atoms with Gasteiger partial charge in [-0.15, -0.1) is 11.3 Å². The monoisotopic (exact) mass is 328 g/mol. The Kier molecular flexibility index (Phi) is 5.07. The normalized spacial score (nSPS) is 10.8. The lowest BCUT2D eigenvalue weighted by Crippen LogP contribution is -2.08. The Morgan fingerprint density at radius 2 is 2.15 bits per heavy atom. The van der Waals surface area contributed by atoms with Crippen LogP contribution >= 0.6 is 34.7 Å². The number of rotatable bonds is 4. The van der Waals surface area contributed by atoms with E-state index in [9.17, 15) is 9.59 Å². The summed E-state index contributed by atoms with van der Waals surface area (Å²) in [6, 6.07) is 5.83. The molecule has 0 bridgehead atoms. The van der Waals surface area contributed by atoms with Crippen LogP contribution in [0.4, 0.5) is 0 Å². The molecular formula is C14H13ClO3S2. The Morgan fingerprint density at radius 1 is 1.40 bits per heavy atom. The Morgan fingerprint density at radius 3 is 2.80 bits per heavy atom. The molecule has 1 aromatic heterocycles. The summed E-state index contributed by atoms with van der Waals surface area (Å²) in [5, 5.41) is 1.20. The maximum Gasteiger partial charge on any atom is 0.316 e. The van der Waals surface area contributed by atoms with E-state index in [0.717, 1.165) is 27.4 Å². The molecule has 0 fully saturated rings. The topological polar surface area (TPSA) is 43.4 Å². The summed E-state index contributed by atoms with van der Waals surface area (Å²) in [6.45, 7) is 4.01. The number of carbonyl (C=O) groups is 2. The average molecular weight is 329 g/mol. The molecule has 1 aromatic carbocycles. The lowest BCUT2D eigenvalue weighted by molar-refractivity contribution is -0.139. The van der Waals surface area contributed by atoms with Crippen molar-refractivity contribution in [2.75, 3.05) is 12.4 Å². The van der Waals surface area contributed by atoms with E-state index >= 15 is 0 Å². The van der Waals surface area contributed by atoms with Crippen molar-refractivity contribution in [2.24, 2.45) is 0 Å². The zero-order chi connectivity index (χ0) is 14.7. The molecule has 6 heteroatoms. The summed E-state index contributed by atoms with van der Waals surface area (Å²) < 4.78 is 5.78. The van der Waals surface area contributed by atoms with Crippen LogP contribution in [0.15, 0.2) is 18.2 Å². The number of fused-ring (bicyclic) bond motifs is 1. The lowest BCUT2D eigenvalue weighted by Gasteiger charge is -2.00. The van der Waals surface area contributed by atoms with E-state index in [-0.39, 0.29) is 16.8 Å². The first kappa shape index (κ1) is 15.4. The van der Waals surface area contributed by atoms with Crippen LogP contribution in [0.2, 0.25) is 5.02 Å². The standard InChI is InChI=1S/C14H13ClO3S2/c1-3-18-10(16)7-19-14(17)13-12(15)11-8(2)5-4-6-9(11)20-13/h4-6H,3,7H2,1-2H3. The van der Waals surface area contributed by atoms with Gasteiger partial charge in [-0.3, -0.25) is 9.59 Å². The molecule has 0 aliphatic rings. The van der Waals surface area contributed by atoms with Crippen molar-refractivity contribution in [1.29, 1.82) is 0 Å². The number of esters is 1. The molecule has 0 saturated heterocycles. The number of carbonyl (C=O) groups excluding carboxylic acids is 2. The van der Waals surface area contributed by atoms with Crippen LogP contribution in [0, 0.1) is 6.92 Å². The van der Waals surface area contributed by atoms with Crippen LogP contribution in [-0.4, -0.2) is 23.4 Å². The van der Waals surface area contributed by atoms with Gasteiger partial charge >= 0.3 is 5.97 Å². The molecule has 0 N–H and O–H groups in total. The molecule has 0 saturated carbocycles. The predicted octanol–water partition coefficient (Wildman–Crippen LogP) is 4.30. The predicted molar refractivity (Wildman–Crippen MR) is 85.0 cm³/mol. The second-order valence-electron chi connectivity index (χ2n) is 4.07. The van der Waals surface area contributed by atoms with E-state index in [0.29, 0.717) is 16.5 Å². The summed E-state index contributed by atoms with van der Waals surface area (Å²) in [5.41, 5.74) is 1.04. The van der Waals surface area contributed by atoms with Gasteiger partial charge in [-0.05, 0) is 25.5 Å². The number of hydrogen-bond acceptors (Lipinski definition) is 5. The van der Waals surface area contributed by atoms with E-state index < -0.39 is 0 Å². The minimum atomic E-state index is -0.390. The molecule has 20 heavy (non-hydrogen) atoms. The van der Waals surface area contributed by atoms with Gasteiger partial charge in [0.2, 0.25) is 5.12 Å². The number of thiophene rings is 1. The van der Waals surface area contributed by atoms with Crippen LogP contribution in [0.5, 0.6) is 0 Å².